The lowest BCUT2D eigenvalue weighted by Gasteiger charge is -2.36. The zero-order valence-electron chi connectivity index (χ0n) is 32.5. The summed E-state index contributed by atoms with van der Waals surface area (Å²) < 4.78 is 69.5. The molecule has 316 valence electrons. The molecule has 0 radical (unpaired) electrons. The zero-order chi connectivity index (χ0) is 41.5. The molecule has 6 aliphatic rings. The number of carbonyl (C=O) groups excluding carboxylic acids is 4. The number of nitrogens with zero attached hydrogens (tertiary/aromatic N) is 3. The number of carbonyl (C=O) groups is 4. The monoisotopic (exact) mass is 850 g/mol. The molecule has 4 aliphatic carbocycles. The molecule has 2 aromatic rings. The first kappa shape index (κ1) is 40.7. The van der Waals surface area contributed by atoms with Crippen molar-refractivity contribution in [1.82, 2.24) is 29.8 Å². The van der Waals surface area contributed by atoms with Gasteiger partial charge >= 0.3 is 6.09 Å². The third kappa shape index (κ3) is 7.86. The van der Waals surface area contributed by atoms with Crippen molar-refractivity contribution < 1.29 is 45.9 Å². The molecule has 9 atom stereocenters. The van der Waals surface area contributed by atoms with Crippen molar-refractivity contribution in [2.24, 2.45) is 29.1 Å². The lowest BCUT2D eigenvalue weighted by molar-refractivity contribution is -0.143. The second-order valence-corrected chi connectivity index (χ2v) is 20.5. The number of hydrogen-bond acceptors (Lipinski definition) is 10. The molecule has 3 N–H and O–H groups in total. The van der Waals surface area contributed by atoms with E-state index >= 15 is 0 Å². The fourth-order valence-corrected chi connectivity index (χ4v) is 10.8. The molecule has 4 amide bonds. The molecular formula is C39H49ClF2N6O9S. The SMILES string of the molecule is CC(C)(C)[C@@H]1NC(=O)O[C@@H]2C[C@@H]3C[C@@H]3[C@H]2CCCCCn2c(nc3cc(Cl)ccc3c2=O)O[C@@H]2C[C@@H](C(=O)N[C@]3(C(=O)NS(=O)(=O)C4CC4)C[C@H]3C(F)F)N(C2)C1=O. The van der Waals surface area contributed by atoms with E-state index in [0.29, 0.717) is 41.5 Å². The summed E-state index contributed by atoms with van der Waals surface area (Å²) in [5.41, 5.74) is -3.28. The zero-order valence-corrected chi connectivity index (χ0v) is 34.1. The smallest absolute Gasteiger partial charge is 0.408 e. The van der Waals surface area contributed by atoms with Crippen LogP contribution >= 0.6 is 11.6 Å². The van der Waals surface area contributed by atoms with Crippen LogP contribution in [0.5, 0.6) is 6.01 Å². The number of ether oxygens (including phenoxy) is 2. The topological polar surface area (TPSA) is 195 Å². The van der Waals surface area contributed by atoms with Gasteiger partial charge in [-0.3, -0.25) is 28.5 Å². The summed E-state index contributed by atoms with van der Waals surface area (Å²) in [7, 11) is -4.16. The minimum atomic E-state index is -4.16. The molecule has 58 heavy (non-hydrogen) atoms. The van der Waals surface area contributed by atoms with Crippen LogP contribution in [-0.2, 0) is 35.7 Å². The lowest BCUT2D eigenvalue weighted by atomic mass is 9.85. The first-order valence-corrected chi connectivity index (χ1v) is 22.1. The van der Waals surface area contributed by atoms with Crippen LogP contribution in [0.4, 0.5) is 13.6 Å². The molecule has 2 aliphatic heterocycles. The summed E-state index contributed by atoms with van der Waals surface area (Å²) in [6.45, 7) is 5.18. The highest BCUT2D eigenvalue weighted by Gasteiger charge is 2.67. The van der Waals surface area contributed by atoms with Crippen molar-refractivity contribution >= 4 is 56.3 Å². The normalized spacial score (nSPS) is 32.8. The average molecular weight is 851 g/mol. The van der Waals surface area contributed by atoms with Gasteiger partial charge in [-0.05, 0) is 86.3 Å². The number of amides is 4. The molecular weight excluding hydrogens is 802 g/mol. The van der Waals surface area contributed by atoms with Crippen molar-refractivity contribution in [3.8, 4) is 6.01 Å². The van der Waals surface area contributed by atoms with E-state index < -0.39 is 87.0 Å². The van der Waals surface area contributed by atoms with Crippen molar-refractivity contribution in [3.63, 3.8) is 0 Å². The van der Waals surface area contributed by atoms with Crippen LogP contribution < -0.4 is 25.7 Å². The summed E-state index contributed by atoms with van der Waals surface area (Å²) in [6.07, 6.45) is -0.446. The Hall–Kier alpha value is -4.06. The Morgan fingerprint density at radius 1 is 1.03 bits per heavy atom. The summed E-state index contributed by atoms with van der Waals surface area (Å²) in [6, 6.07) is 1.96. The van der Waals surface area contributed by atoms with Crippen molar-refractivity contribution in [1.29, 1.82) is 0 Å². The largest absolute Gasteiger partial charge is 0.459 e. The van der Waals surface area contributed by atoms with Crippen molar-refractivity contribution in [2.45, 2.75) is 133 Å². The summed E-state index contributed by atoms with van der Waals surface area (Å²) in [5, 5.41) is 5.00. The van der Waals surface area contributed by atoms with E-state index in [9.17, 15) is 41.2 Å². The van der Waals surface area contributed by atoms with Gasteiger partial charge in [0.1, 0.15) is 29.8 Å². The maximum atomic E-state index is 14.7. The van der Waals surface area contributed by atoms with Crippen LogP contribution in [0.15, 0.2) is 23.0 Å². The molecule has 3 heterocycles. The predicted molar refractivity (Wildman–Crippen MR) is 205 cm³/mol. The molecule has 5 fully saturated rings. The van der Waals surface area contributed by atoms with E-state index in [1.54, 1.807) is 32.9 Å². The van der Waals surface area contributed by atoms with Crippen LogP contribution in [0.3, 0.4) is 0 Å². The number of aromatic nitrogens is 2. The summed E-state index contributed by atoms with van der Waals surface area (Å²) in [4.78, 5) is 75.9. The molecule has 4 saturated carbocycles. The van der Waals surface area contributed by atoms with E-state index in [1.807, 2.05) is 4.72 Å². The highest BCUT2D eigenvalue weighted by molar-refractivity contribution is 7.91. The van der Waals surface area contributed by atoms with Gasteiger partial charge in [-0.25, -0.2) is 22.0 Å². The Bertz CT molecular complexity index is 2200. The van der Waals surface area contributed by atoms with Gasteiger partial charge < -0.3 is 25.0 Å². The molecule has 1 aromatic heterocycles. The number of alkyl halides is 2. The number of sulfonamides is 1. The Kier molecular flexibility index (Phi) is 10.4. The van der Waals surface area contributed by atoms with E-state index in [0.717, 1.165) is 32.1 Å². The van der Waals surface area contributed by atoms with Crippen LogP contribution in [0, 0.1) is 29.1 Å². The lowest BCUT2D eigenvalue weighted by Crippen LogP contribution is -2.60. The number of hydrogen-bond donors (Lipinski definition) is 3. The van der Waals surface area contributed by atoms with Gasteiger partial charge in [0.05, 0.1) is 28.6 Å². The Labute approximate surface area is 339 Å². The molecule has 1 saturated heterocycles. The van der Waals surface area contributed by atoms with Gasteiger partial charge in [-0.1, -0.05) is 45.2 Å². The van der Waals surface area contributed by atoms with Crippen molar-refractivity contribution in [3.05, 3.63) is 33.6 Å². The molecule has 15 nitrogen and oxygen atoms in total. The highest BCUT2D eigenvalue weighted by atomic mass is 35.5. The number of nitrogens with one attached hydrogen (secondary N) is 3. The first-order chi connectivity index (χ1) is 27.4. The van der Waals surface area contributed by atoms with Crippen LogP contribution in [0.2, 0.25) is 5.02 Å². The van der Waals surface area contributed by atoms with Gasteiger partial charge in [-0.15, -0.1) is 0 Å². The molecule has 8 rings (SSSR count). The quantitative estimate of drug-likeness (QED) is 0.384. The van der Waals surface area contributed by atoms with Gasteiger partial charge in [0.2, 0.25) is 28.3 Å². The van der Waals surface area contributed by atoms with Crippen LogP contribution in [0.25, 0.3) is 10.9 Å². The van der Waals surface area contributed by atoms with Gasteiger partial charge in [0.15, 0.2) is 0 Å². The van der Waals surface area contributed by atoms with Crippen LogP contribution in [-0.4, -0.2) is 94.7 Å². The van der Waals surface area contributed by atoms with Crippen LogP contribution in [0.1, 0.15) is 85.0 Å². The number of halogens is 3. The number of alkyl carbamates (subject to hydrolysis) is 1. The third-order valence-corrected chi connectivity index (χ3v) is 14.9. The first-order valence-electron chi connectivity index (χ1n) is 20.2. The number of fused-ring (bicyclic) bond motifs is 7. The Morgan fingerprint density at radius 3 is 2.48 bits per heavy atom. The number of benzene rings is 1. The summed E-state index contributed by atoms with van der Waals surface area (Å²) in [5.74, 6) is -3.56. The standard InChI is InChI=1S/C39H49ClF2N6O9S/c1-38(2,3)30-34(51)48-18-21(16-28(48)32(49)45-39(17-26(39)31(41)42)35(52)46-58(54,55)22-9-10-22)56-36-43-27-15-20(40)8-11-24(27)33(50)47(36)12-6-4-5-7-23-25-13-19(25)14-29(23)57-37(53)44-30/h8,11,15,19,21-23,25-26,28-31H,4-7,9-10,12-14,16-18H2,1-3H3,(H,44,53)(H,45,49)(H,46,52)/t19-,21+,23+,25-,26-,28-,29+,30+,39+/m0/s1. The molecule has 1 aromatic carbocycles. The Morgan fingerprint density at radius 2 is 1.79 bits per heavy atom. The minimum absolute atomic E-state index is 0.0637. The van der Waals surface area contributed by atoms with E-state index in [1.165, 1.54) is 15.5 Å². The van der Waals surface area contributed by atoms with Gasteiger partial charge in [0, 0.05) is 18.0 Å². The fraction of sp³-hybridized carbons (Fsp3) is 0.692. The van der Waals surface area contributed by atoms with E-state index in [2.05, 4.69) is 15.6 Å². The fourth-order valence-electron chi connectivity index (χ4n) is 9.31. The third-order valence-electron chi connectivity index (χ3n) is 12.9. The average Bonchev–Trinajstić information content (AvgIpc) is 4.08. The molecule has 0 spiro atoms. The predicted octanol–water partition coefficient (Wildman–Crippen LogP) is 3.89. The maximum Gasteiger partial charge on any atom is 0.408 e. The minimum Gasteiger partial charge on any atom is -0.459 e. The van der Waals surface area contributed by atoms with E-state index in [4.69, 9.17) is 21.1 Å². The highest BCUT2D eigenvalue weighted by Crippen LogP contribution is 2.58. The second kappa shape index (κ2) is 14.9. The van der Waals surface area contributed by atoms with Gasteiger partial charge in [0.25, 0.3) is 17.5 Å². The Balaban J connectivity index is 1.14. The van der Waals surface area contributed by atoms with E-state index in [-0.39, 0.29) is 48.6 Å². The maximum absolute atomic E-state index is 14.7. The molecule has 0 unspecified atom stereocenters. The van der Waals surface area contributed by atoms with Gasteiger partial charge in [-0.2, -0.15) is 4.98 Å². The molecule has 19 heteroatoms. The number of rotatable bonds is 6. The molecule has 2 bridgehead atoms. The second-order valence-electron chi connectivity index (χ2n) is 18.1. The summed E-state index contributed by atoms with van der Waals surface area (Å²) >= 11 is 6.27. The van der Waals surface area contributed by atoms with Crippen molar-refractivity contribution in [2.75, 3.05) is 6.54 Å².